The Labute approximate surface area is 232 Å². The fourth-order valence-electron chi connectivity index (χ4n) is 3.50. The average Bonchev–Trinajstić information content (AvgIpc) is 2.89. The highest BCUT2D eigenvalue weighted by molar-refractivity contribution is 7.80. The first kappa shape index (κ1) is 33.5. The molecule has 1 rings (SSSR count). The molecule has 4 atom stereocenters. The number of nitrogens with zero attached hydrogens (tertiary/aromatic N) is 1. The number of nitrogens with two attached hydrogens (primary N) is 4. The molecule has 0 aliphatic carbocycles. The quantitative estimate of drug-likeness (QED) is 0.0399. The number of aromatic hydroxyl groups is 1. The van der Waals surface area contributed by atoms with E-state index in [0.717, 1.165) is 0 Å². The van der Waals surface area contributed by atoms with Crippen molar-refractivity contribution >= 4 is 42.3 Å². The average molecular weight is 569 g/mol. The first-order valence-corrected chi connectivity index (χ1v) is 13.1. The van der Waals surface area contributed by atoms with Crippen molar-refractivity contribution in [3.05, 3.63) is 29.8 Å². The number of unbranched alkanes of at least 4 members (excludes halogenated alkanes) is 1. The Morgan fingerprint density at radius 1 is 0.872 bits per heavy atom. The molecule has 0 fully saturated rings. The minimum absolute atomic E-state index is 0.0103. The molecule has 13 N–H and O–H groups in total. The molecular weight excluding hydrogens is 528 g/mol. The van der Waals surface area contributed by atoms with Gasteiger partial charge in [-0.2, -0.15) is 12.6 Å². The summed E-state index contributed by atoms with van der Waals surface area (Å²) in [5, 5.41) is 26.7. The van der Waals surface area contributed by atoms with Gasteiger partial charge < -0.3 is 49.1 Å². The van der Waals surface area contributed by atoms with E-state index in [1.807, 2.05) is 0 Å². The summed E-state index contributed by atoms with van der Waals surface area (Å²) < 4.78 is 0. The van der Waals surface area contributed by atoms with Gasteiger partial charge in [0.15, 0.2) is 5.96 Å². The standard InChI is InChI=1S/C24H40N8O6S/c25-10-2-1-4-16(26)20(34)32-19(13-39)22(36)31-18(12-14-6-8-15(33)9-7-14)21(35)30-17(23(37)38)5-3-11-29-24(27)28/h6-9,16-19,33,39H,1-5,10-13,25-26H2,(H,30,35)(H,31,36)(H,32,34)(H,37,38)(H4,27,28,29). The molecule has 1 aromatic carbocycles. The second-order valence-electron chi connectivity index (χ2n) is 8.91. The Balaban J connectivity index is 2.99. The van der Waals surface area contributed by atoms with E-state index in [9.17, 15) is 29.4 Å². The van der Waals surface area contributed by atoms with Gasteiger partial charge in [0.05, 0.1) is 6.04 Å². The van der Waals surface area contributed by atoms with E-state index in [4.69, 9.17) is 22.9 Å². The highest BCUT2D eigenvalue weighted by atomic mass is 32.1. The number of rotatable bonds is 18. The van der Waals surface area contributed by atoms with Crippen LogP contribution >= 0.6 is 12.6 Å². The van der Waals surface area contributed by atoms with E-state index >= 15 is 0 Å². The van der Waals surface area contributed by atoms with Crippen molar-refractivity contribution in [2.75, 3.05) is 18.8 Å². The lowest BCUT2D eigenvalue weighted by molar-refractivity contribution is -0.142. The van der Waals surface area contributed by atoms with Crippen LogP contribution in [0.25, 0.3) is 0 Å². The number of hydrogen-bond donors (Lipinski definition) is 10. The molecule has 0 radical (unpaired) electrons. The van der Waals surface area contributed by atoms with Gasteiger partial charge in [-0.3, -0.25) is 19.4 Å². The Morgan fingerprint density at radius 3 is 2.03 bits per heavy atom. The number of aliphatic imine (C=N–C) groups is 1. The Hall–Kier alpha value is -3.56. The lowest BCUT2D eigenvalue weighted by Gasteiger charge is -2.25. The highest BCUT2D eigenvalue weighted by Crippen LogP contribution is 2.12. The maximum Gasteiger partial charge on any atom is 0.326 e. The van der Waals surface area contributed by atoms with Crippen LogP contribution in [-0.2, 0) is 25.6 Å². The number of carboxylic acid groups (broad SMARTS) is 1. The number of carboxylic acids is 1. The lowest BCUT2D eigenvalue weighted by atomic mass is 10.0. The molecule has 0 aliphatic rings. The summed E-state index contributed by atoms with van der Waals surface area (Å²) in [7, 11) is 0. The maximum atomic E-state index is 13.2. The molecule has 0 heterocycles. The number of nitrogens with one attached hydrogen (secondary N) is 3. The Bertz CT molecular complexity index is 974. The van der Waals surface area contributed by atoms with Crippen LogP contribution in [0, 0.1) is 0 Å². The number of phenols is 1. The highest BCUT2D eigenvalue weighted by Gasteiger charge is 2.30. The predicted octanol–water partition coefficient (Wildman–Crippen LogP) is -2.09. The number of carbonyl (C=O) groups excluding carboxylic acids is 3. The SMILES string of the molecule is NCCCCC(N)C(=O)NC(CS)C(=O)NC(Cc1ccc(O)cc1)C(=O)NC(CCCN=C(N)N)C(=O)O. The zero-order valence-electron chi connectivity index (χ0n) is 21.7. The van der Waals surface area contributed by atoms with Crippen molar-refractivity contribution < 1.29 is 29.4 Å². The molecule has 39 heavy (non-hydrogen) atoms. The van der Waals surface area contributed by atoms with Gasteiger partial charge in [0.25, 0.3) is 0 Å². The number of phenolic OH excluding ortho intramolecular Hbond substituents is 1. The van der Waals surface area contributed by atoms with Crippen LogP contribution in [-0.4, -0.2) is 82.9 Å². The third-order valence-electron chi connectivity index (χ3n) is 5.69. The monoisotopic (exact) mass is 568 g/mol. The number of hydrogen-bond acceptors (Lipinski definition) is 9. The summed E-state index contributed by atoms with van der Waals surface area (Å²) in [6, 6.07) is 1.52. The molecule has 0 spiro atoms. The normalized spacial score (nSPS) is 13.8. The Morgan fingerprint density at radius 2 is 1.46 bits per heavy atom. The largest absolute Gasteiger partial charge is 0.508 e. The lowest BCUT2D eigenvalue weighted by Crippen LogP contribution is -2.58. The van der Waals surface area contributed by atoms with Crippen LogP contribution in [0.5, 0.6) is 5.75 Å². The topological polar surface area (TPSA) is 261 Å². The summed E-state index contributed by atoms with van der Waals surface area (Å²) in [6.45, 7) is 0.646. The van der Waals surface area contributed by atoms with Crippen molar-refractivity contribution in [3.63, 3.8) is 0 Å². The molecule has 218 valence electrons. The maximum absolute atomic E-state index is 13.2. The number of amides is 3. The summed E-state index contributed by atoms with van der Waals surface area (Å²) in [4.78, 5) is 54.2. The van der Waals surface area contributed by atoms with Crippen molar-refractivity contribution in [2.24, 2.45) is 27.9 Å². The van der Waals surface area contributed by atoms with Gasteiger partial charge >= 0.3 is 5.97 Å². The van der Waals surface area contributed by atoms with E-state index < -0.39 is 47.9 Å². The van der Waals surface area contributed by atoms with E-state index in [1.54, 1.807) is 12.1 Å². The third-order valence-corrected chi connectivity index (χ3v) is 6.06. The van der Waals surface area contributed by atoms with E-state index in [0.29, 0.717) is 31.4 Å². The summed E-state index contributed by atoms with van der Waals surface area (Å²) in [5.41, 5.74) is 22.5. The fraction of sp³-hybridized carbons (Fsp3) is 0.542. The third kappa shape index (κ3) is 13.2. The molecule has 0 saturated heterocycles. The molecule has 0 aliphatic heterocycles. The fourth-order valence-corrected chi connectivity index (χ4v) is 3.75. The van der Waals surface area contributed by atoms with Gasteiger partial charge in [-0.1, -0.05) is 18.6 Å². The molecule has 14 nitrogen and oxygen atoms in total. The molecule has 4 unspecified atom stereocenters. The van der Waals surface area contributed by atoms with Crippen molar-refractivity contribution in [2.45, 2.75) is 62.7 Å². The van der Waals surface area contributed by atoms with Crippen LogP contribution < -0.4 is 38.9 Å². The van der Waals surface area contributed by atoms with Crippen molar-refractivity contribution in [1.29, 1.82) is 0 Å². The molecule has 3 amide bonds. The number of guanidine groups is 1. The minimum atomic E-state index is -1.27. The molecule has 15 heteroatoms. The summed E-state index contributed by atoms with van der Waals surface area (Å²) in [6.07, 6.45) is 2.03. The van der Waals surface area contributed by atoms with Gasteiger partial charge in [0.1, 0.15) is 23.9 Å². The van der Waals surface area contributed by atoms with E-state index in [2.05, 4.69) is 33.6 Å². The van der Waals surface area contributed by atoms with Crippen molar-refractivity contribution in [1.82, 2.24) is 16.0 Å². The number of benzene rings is 1. The van der Waals surface area contributed by atoms with Crippen LogP contribution in [0.2, 0.25) is 0 Å². The van der Waals surface area contributed by atoms with Gasteiger partial charge in [0, 0.05) is 18.7 Å². The smallest absolute Gasteiger partial charge is 0.326 e. The zero-order valence-corrected chi connectivity index (χ0v) is 22.6. The van der Waals surface area contributed by atoms with Crippen LogP contribution in [0.3, 0.4) is 0 Å². The second kappa shape index (κ2) is 17.9. The van der Waals surface area contributed by atoms with Gasteiger partial charge in [-0.05, 0) is 49.9 Å². The van der Waals surface area contributed by atoms with Crippen LogP contribution in [0.15, 0.2) is 29.3 Å². The predicted molar refractivity (Wildman–Crippen MR) is 150 cm³/mol. The molecular formula is C24H40N8O6S. The van der Waals surface area contributed by atoms with E-state index in [-0.39, 0.29) is 43.3 Å². The molecule has 0 saturated carbocycles. The number of thiol groups is 1. The zero-order chi connectivity index (χ0) is 29.4. The first-order valence-electron chi connectivity index (χ1n) is 12.5. The van der Waals surface area contributed by atoms with Crippen molar-refractivity contribution in [3.8, 4) is 5.75 Å². The molecule has 1 aromatic rings. The van der Waals surface area contributed by atoms with Crippen LogP contribution in [0.4, 0.5) is 0 Å². The van der Waals surface area contributed by atoms with E-state index in [1.165, 1.54) is 12.1 Å². The van der Waals surface area contributed by atoms with Crippen LogP contribution in [0.1, 0.15) is 37.7 Å². The summed E-state index contributed by atoms with van der Waals surface area (Å²) in [5.74, 6) is -3.48. The first-order chi connectivity index (χ1) is 18.5. The summed E-state index contributed by atoms with van der Waals surface area (Å²) >= 11 is 4.15. The minimum Gasteiger partial charge on any atom is -0.508 e. The van der Waals surface area contributed by atoms with Gasteiger partial charge in [-0.15, -0.1) is 0 Å². The molecule has 0 bridgehead atoms. The van der Waals surface area contributed by atoms with Gasteiger partial charge in [-0.25, -0.2) is 4.79 Å². The Kier molecular flexibility index (Phi) is 15.3. The number of carbonyl (C=O) groups is 4. The second-order valence-corrected chi connectivity index (χ2v) is 9.28. The number of aliphatic carboxylic acids is 1. The molecule has 0 aromatic heterocycles. The van der Waals surface area contributed by atoms with Gasteiger partial charge in [0.2, 0.25) is 17.7 Å².